The van der Waals surface area contributed by atoms with E-state index in [1.165, 1.54) is 83.0 Å². The molecule has 456 valence electrons. The average molecular weight is 1610 g/mol. The second kappa shape index (κ2) is 32.7. The van der Waals surface area contributed by atoms with Crippen molar-refractivity contribution >= 4 is 293 Å². The molecule has 0 bridgehead atoms. The Kier molecular flexibility index (Phi) is 35.1. The van der Waals surface area contributed by atoms with Gasteiger partial charge in [-0.25, -0.2) is 0 Å². The molecule has 0 aromatic heterocycles. The lowest BCUT2D eigenvalue weighted by Gasteiger charge is -2.49. The maximum absolute atomic E-state index is 3.05. The molecule has 6 saturated heterocycles. The highest BCUT2D eigenvalue weighted by atomic mass is 32.4. The summed E-state index contributed by atoms with van der Waals surface area (Å²) >= 11 is 2.27. The van der Waals surface area contributed by atoms with Crippen LogP contribution in [0.15, 0.2) is 0 Å². The molecule has 0 aromatic rings. The fourth-order valence-electron chi connectivity index (χ4n) is 21.0. The van der Waals surface area contributed by atoms with Crippen molar-refractivity contribution in [3.63, 3.8) is 0 Å². The van der Waals surface area contributed by atoms with Crippen LogP contribution in [-0.4, -0.2) is 288 Å². The van der Waals surface area contributed by atoms with Crippen LogP contribution in [-0.2, 0) is 0 Å². The van der Waals surface area contributed by atoms with Crippen molar-refractivity contribution < 1.29 is 0 Å². The molecule has 34 heteroatoms. The Hall–Kier alpha value is 7.51. The van der Waals surface area contributed by atoms with E-state index < -0.39 is 84.9 Å². The van der Waals surface area contributed by atoms with Gasteiger partial charge in [-0.2, -0.15) is 11.2 Å². The first-order valence-electron chi connectivity index (χ1n) is 34.2. The van der Waals surface area contributed by atoms with Crippen molar-refractivity contribution in [2.45, 2.75) is 254 Å². The minimum Gasteiger partial charge on any atom is -0.192 e. The molecule has 6 fully saturated rings. The quantitative estimate of drug-likeness (QED) is 0.186. The van der Waals surface area contributed by atoms with Crippen molar-refractivity contribution in [1.82, 2.24) is 0 Å². The van der Waals surface area contributed by atoms with Crippen LogP contribution in [0, 0.1) is 0 Å². The summed E-state index contributed by atoms with van der Waals surface area (Å²) < 4.78 is 0. The highest BCUT2D eigenvalue weighted by Gasteiger charge is 2.73. The fraction of sp³-hybridized carbons (Fsp3) is 1.00. The van der Waals surface area contributed by atoms with Crippen molar-refractivity contribution in [2.24, 2.45) is 0 Å². The van der Waals surface area contributed by atoms with Gasteiger partial charge in [-0.15, -0.1) is 0 Å². The molecule has 0 spiro atoms. The van der Waals surface area contributed by atoms with E-state index in [0.29, 0.717) is 72.3 Å². The van der Waals surface area contributed by atoms with Crippen molar-refractivity contribution in [2.75, 3.05) is 6.26 Å². The van der Waals surface area contributed by atoms with Gasteiger partial charge in [0.2, 0.25) is 0 Å². The van der Waals surface area contributed by atoms with Gasteiger partial charge in [0.25, 0.3) is 0 Å². The highest BCUT2D eigenvalue weighted by molar-refractivity contribution is 8.34. The molecule has 20 atom stereocenters. The van der Waals surface area contributed by atoms with Gasteiger partial charge in [-0.1, -0.05) is 254 Å². The van der Waals surface area contributed by atoms with Gasteiger partial charge >= 0.3 is 0 Å². The van der Waals surface area contributed by atoms with Gasteiger partial charge < -0.3 is 0 Å². The Bertz CT molecular complexity index is 1720. The van der Waals surface area contributed by atoms with E-state index in [2.05, 4.69) is 175 Å². The molecule has 20 unspecified atom stereocenters. The smallest absolute Gasteiger partial charge is 0.102 e. The van der Waals surface area contributed by atoms with Gasteiger partial charge in [0.05, 0.1) is 0 Å². The van der Waals surface area contributed by atoms with Gasteiger partial charge in [-0.3, -0.25) is 0 Å². The zero-order chi connectivity index (χ0) is 59.9. The molecule has 0 nitrogen and oxygen atoms in total. The predicted molar refractivity (Wildman–Crippen MR) is 485 cm³/mol. The topological polar surface area (TPSA) is 0 Å². The largest absolute Gasteiger partial charge is 0.192 e. The monoisotopic (exact) mass is 1610 g/mol. The second-order valence-electron chi connectivity index (χ2n) is 32.6. The summed E-state index contributed by atoms with van der Waals surface area (Å²) in [7, 11) is 11.8. The number of rotatable bonds is 12. The van der Waals surface area contributed by atoms with Gasteiger partial charge in [0, 0.05) is 234 Å². The van der Waals surface area contributed by atoms with E-state index in [-0.39, 0.29) is 32.8 Å². The van der Waals surface area contributed by atoms with Gasteiger partial charge in [0.15, 0.2) is 0 Å². The summed E-state index contributed by atoms with van der Waals surface area (Å²) in [6.07, 6.45) is 2.36. The average Bonchev–Trinajstić information content (AvgIpc) is 4.06. The third-order valence-electron chi connectivity index (χ3n) is 30.8. The minimum absolute atomic E-state index is 0.0278. The summed E-state index contributed by atoms with van der Waals surface area (Å²) in [5.41, 5.74) is 9.15. The Morgan fingerprint density at radius 3 is 1.12 bits per heavy atom. The SMILES string of the molecule is CS[Si]1(C)CC([SiH3])C[SiH]1C.C[SiH2][Si]1(C)C([SiH3])[Si](C)(C[SiH3])[Si](C)([SiH2]C)[Si]1(C)[SiH2]C.C[SiH2][Si]1(C)CC([SiH3])C[Si]1(C)[SiH2]C.C[SiH2][Si]1(C)CC([SiH3])[Si](C)(C[SiH3])[SiH]1C.C[SiH2][Si]1(C)CC([SiH3])[Si](C)(C[SiH3])[Si]1(C)[SiH2]C.C[SiH]1CC([SiH3])C[SiH]1C. The molecule has 0 saturated carbocycles. The Balaban J connectivity index is 0.000000463. The van der Waals surface area contributed by atoms with Crippen molar-refractivity contribution in [3.8, 4) is 0 Å². The third kappa shape index (κ3) is 16.2. The van der Waals surface area contributed by atoms with Crippen molar-refractivity contribution in [1.29, 1.82) is 0 Å². The molecular formula is C42H150SSi33. The summed E-state index contributed by atoms with van der Waals surface area (Å²) in [5, 5.41) is 2.75. The standard InChI is InChI=1S/C9H36Si9.C8H30Si7.C7H26Si6.C7H24Si5.C6H18SSi3.C5H16Si3/c1-12-16(5)9(11)15(4,8-10)17(6,13-2)18(16,7)14-3;1-11-14(4)6-8(10)13(3,7-9)15(14,5)12-2;1-10-13(4)5-7(9)12(3,6-8)11(13)2;1-9-11(3)5-7(8)6-12(11,4)10-2;1-7-10(3)5-6(8)4-9(10)2;1-7-3-5(6)4-8(7)2/h9H,8,12-14H2,1-7,10-11H3;8H,6-7,11-12H2,1-5,9-10H3;7,11H,5-6,10H2,1-4,8-9H3;7H,5-6,9-10H2,1-4,8H3;6,9H,4-5H2,1-3,8H3;5,7-8H,3-4H2,1-2,6H3. The first-order chi connectivity index (χ1) is 34.6. The minimum atomic E-state index is -0.713. The van der Waals surface area contributed by atoms with Gasteiger partial charge in [0.1, 0.15) is 6.74 Å². The van der Waals surface area contributed by atoms with Crippen molar-refractivity contribution in [3.05, 3.63) is 0 Å². The Labute approximate surface area is 546 Å². The zero-order valence-corrected chi connectivity index (χ0v) is 106. The Morgan fingerprint density at radius 1 is 0.434 bits per heavy atom. The van der Waals surface area contributed by atoms with E-state index in [9.17, 15) is 0 Å². The van der Waals surface area contributed by atoms with Crippen LogP contribution in [0.25, 0.3) is 0 Å². The lowest BCUT2D eigenvalue weighted by atomic mass is 10.5. The fourth-order valence-corrected chi connectivity index (χ4v) is 670. The van der Waals surface area contributed by atoms with E-state index >= 15 is 0 Å². The molecular weight excluding hydrogens is 1460 g/mol. The van der Waals surface area contributed by atoms with E-state index in [0.717, 1.165) is 0 Å². The summed E-state index contributed by atoms with van der Waals surface area (Å²) in [5.74, 6) is 0. The summed E-state index contributed by atoms with van der Waals surface area (Å²) in [6.45, 7) is 64.4. The lowest BCUT2D eigenvalue weighted by molar-refractivity contribution is 1.07. The third-order valence-corrected chi connectivity index (χ3v) is 486. The van der Waals surface area contributed by atoms with E-state index in [1.54, 1.807) is 88.6 Å². The van der Waals surface area contributed by atoms with Crippen LogP contribution in [0.5, 0.6) is 0 Å². The number of hydrogen-bond donors (Lipinski definition) is 0. The van der Waals surface area contributed by atoms with Crippen LogP contribution in [0.1, 0.15) is 0 Å². The molecule has 0 aromatic carbocycles. The molecule has 76 heavy (non-hydrogen) atoms. The second-order valence-corrected chi connectivity index (χ2v) is 266. The Morgan fingerprint density at radius 2 is 0.868 bits per heavy atom. The van der Waals surface area contributed by atoms with E-state index in [4.69, 9.17) is 0 Å². The highest BCUT2D eigenvalue weighted by Crippen LogP contribution is 2.53. The molecule has 6 aliphatic rings. The molecule has 0 aliphatic carbocycles. The number of hydrogen-bond acceptors (Lipinski definition) is 1. The molecule has 0 N–H and O–H groups in total. The normalized spacial score (nSPS) is 51.9. The molecule has 6 rings (SSSR count). The maximum Gasteiger partial charge on any atom is 0.102 e. The molecule has 0 amide bonds. The van der Waals surface area contributed by atoms with Crippen LogP contribution < -0.4 is 0 Å². The first kappa shape index (κ1) is 81.5. The zero-order valence-electron chi connectivity index (χ0n) is 59.6. The summed E-state index contributed by atoms with van der Waals surface area (Å²) in [4.78, 5) is 1.51. The summed E-state index contributed by atoms with van der Waals surface area (Å²) in [6, 6.07) is 14.1. The van der Waals surface area contributed by atoms with Crippen LogP contribution in [0.4, 0.5) is 0 Å². The molecule has 6 aliphatic heterocycles. The van der Waals surface area contributed by atoms with Crippen LogP contribution in [0.3, 0.4) is 0 Å². The molecule has 6 heterocycles. The van der Waals surface area contributed by atoms with Crippen LogP contribution >= 0.6 is 11.2 Å². The molecule has 0 radical (unpaired) electrons. The first-order valence-corrected chi connectivity index (χ1v) is 130. The van der Waals surface area contributed by atoms with Gasteiger partial charge in [-0.05, 0) is 47.2 Å². The maximum atomic E-state index is 3.05. The lowest BCUT2D eigenvalue weighted by Crippen LogP contribution is -2.80. The van der Waals surface area contributed by atoms with Crippen LogP contribution in [0.2, 0.25) is 254 Å². The van der Waals surface area contributed by atoms with E-state index in [1.807, 2.05) is 17.8 Å². The predicted octanol–water partition coefficient (Wildman–Crippen LogP) is -3.23.